The number of carbonyl (C=O) groups is 1. The van der Waals surface area contributed by atoms with Gasteiger partial charge < -0.3 is 14.3 Å². The van der Waals surface area contributed by atoms with Crippen molar-refractivity contribution in [1.82, 2.24) is 13.5 Å². The highest BCUT2D eigenvalue weighted by Crippen LogP contribution is 2.32. The predicted octanol–water partition coefficient (Wildman–Crippen LogP) is 1.16. The first-order chi connectivity index (χ1) is 18.9. The molecule has 2 aliphatic rings. The van der Waals surface area contributed by atoms with E-state index in [1.807, 2.05) is 4.90 Å². The lowest BCUT2D eigenvalue weighted by Gasteiger charge is -2.38. The van der Waals surface area contributed by atoms with Gasteiger partial charge in [-0.3, -0.25) is 4.90 Å². The second-order valence-corrected chi connectivity index (χ2v) is 13.4. The molecule has 1 atom stereocenters. The van der Waals surface area contributed by atoms with Gasteiger partial charge in [0.2, 0.25) is 20.0 Å². The summed E-state index contributed by atoms with van der Waals surface area (Å²) in [6.07, 6.45) is 0. The van der Waals surface area contributed by atoms with Crippen molar-refractivity contribution >= 4 is 37.6 Å². The summed E-state index contributed by atoms with van der Waals surface area (Å²) in [6.45, 7) is 0.934. The number of halogens is 3. The first-order valence-corrected chi connectivity index (χ1v) is 15.5. The smallest absolute Gasteiger partial charge is 0.344 e. The molecule has 2 heterocycles. The van der Waals surface area contributed by atoms with Crippen LogP contribution in [0.3, 0.4) is 0 Å². The van der Waals surface area contributed by atoms with E-state index in [2.05, 4.69) is 4.84 Å². The van der Waals surface area contributed by atoms with E-state index in [1.54, 1.807) is 0 Å². The third-order valence-electron chi connectivity index (χ3n) is 6.46. The van der Waals surface area contributed by atoms with Gasteiger partial charge in [0.25, 0.3) is 0 Å². The van der Waals surface area contributed by atoms with Gasteiger partial charge in [0.15, 0.2) is 17.4 Å². The van der Waals surface area contributed by atoms with Crippen molar-refractivity contribution in [2.75, 3.05) is 58.2 Å². The molecule has 2 aromatic rings. The van der Waals surface area contributed by atoms with Gasteiger partial charge in [0.05, 0.1) is 23.9 Å². The minimum Gasteiger partial charge on any atom is -0.451 e. The van der Waals surface area contributed by atoms with Gasteiger partial charge in [-0.15, -0.1) is 0 Å². The number of nitrogens with two attached hydrogens (primary N) is 1. The van der Waals surface area contributed by atoms with Gasteiger partial charge in [-0.25, -0.2) is 30.4 Å². The maximum Gasteiger partial charge on any atom is 0.344 e. The monoisotopic (exact) mass is 624 g/mol. The maximum absolute atomic E-state index is 14.9. The first-order valence-electron chi connectivity index (χ1n) is 12.0. The molecule has 4 rings (SSSR count). The molecule has 2 saturated heterocycles. The Hall–Kier alpha value is -2.44. The Labute approximate surface area is 235 Å². The van der Waals surface area contributed by atoms with Crippen LogP contribution in [0.1, 0.15) is 0 Å². The number of ether oxygens (including phenoxy) is 2. The normalized spacial score (nSPS) is 19.9. The Morgan fingerprint density at radius 2 is 1.65 bits per heavy atom. The molecule has 12 nitrogen and oxygen atoms in total. The quantitative estimate of drug-likeness (QED) is 0.403. The van der Waals surface area contributed by atoms with Crippen LogP contribution in [-0.2, 0) is 34.4 Å². The third-order valence-corrected chi connectivity index (χ3v) is 10.4. The highest BCUT2D eigenvalue weighted by Gasteiger charge is 2.44. The Morgan fingerprint density at radius 1 is 1.02 bits per heavy atom. The standard InChI is InChI=1S/C23H27ClF2N4O8S2/c24-16-1-3-17(4-2-16)37-22-19(25)13-18(14-20(22)26)40(34,35)30-6-5-29(15-21(30)23(31)38-27)39(32,33)12-9-28-7-10-36-11-8-28/h1-4,13-14,21H,5-12,15,27H2/t21-/m1/s1. The topological polar surface area (TPSA) is 149 Å². The Balaban J connectivity index is 1.54. The molecule has 40 heavy (non-hydrogen) atoms. The summed E-state index contributed by atoms with van der Waals surface area (Å²) in [5.74, 6) is 0.0544. The van der Waals surface area contributed by atoms with Crippen LogP contribution in [0, 0.1) is 11.6 Å². The lowest BCUT2D eigenvalue weighted by molar-refractivity contribution is -0.150. The van der Waals surface area contributed by atoms with Crippen molar-refractivity contribution in [1.29, 1.82) is 0 Å². The van der Waals surface area contributed by atoms with Crippen LogP contribution >= 0.6 is 11.6 Å². The molecule has 0 saturated carbocycles. The van der Waals surface area contributed by atoms with Crippen LogP contribution in [0.25, 0.3) is 0 Å². The summed E-state index contributed by atoms with van der Waals surface area (Å²) in [4.78, 5) is 17.8. The molecule has 17 heteroatoms. The molecule has 2 N–H and O–H groups in total. The molecule has 0 radical (unpaired) electrons. The highest BCUT2D eigenvalue weighted by atomic mass is 35.5. The third kappa shape index (κ3) is 6.88. The number of hydrogen-bond donors (Lipinski definition) is 1. The van der Waals surface area contributed by atoms with E-state index in [4.69, 9.17) is 27.0 Å². The van der Waals surface area contributed by atoms with Crippen molar-refractivity contribution in [2.45, 2.75) is 10.9 Å². The Morgan fingerprint density at radius 3 is 2.25 bits per heavy atom. The van der Waals surface area contributed by atoms with Crippen LogP contribution < -0.4 is 10.6 Å². The summed E-state index contributed by atoms with van der Waals surface area (Å²) in [5, 5.41) is 0.366. The van der Waals surface area contributed by atoms with E-state index >= 15 is 0 Å². The lowest BCUT2D eigenvalue weighted by atomic mass is 10.2. The highest BCUT2D eigenvalue weighted by molar-refractivity contribution is 7.89. The summed E-state index contributed by atoms with van der Waals surface area (Å²) in [6, 6.07) is 4.99. The van der Waals surface area contributed by atoms with Crippen molar-refractivity contribution in [3.63, 3.8) is 0 Å². The number of carbonyl (C=O) groups excluding carboxylic acids is 1. The number of piperazine rings is 1. The van der Waals surface area contributed by atoms with Gasteiger partial charge in [-0.1, -0.05) is 11.6 Å². The van der Waals surface area contributed by atoms with Crippen LogP contribution in [0.2, 0.25) is 5.02 Å². The second kappa shape index (κ2) is 12.6. The van der Waals surface area contributed by atoms with Crippen LogP contribution in [0.15, 0.2) is 41.3 Å². The zero-order chi connectivity index (χ0) is 29.1. The van der Waals surface area contributed by atoms with E-state index in [0.717, 1.165) is 4.31 Å². The fraction of sp³-hybridized carbons (Fsp3) is 0.435. The van der Waals surface area contributed by atoms with E-state index in [-0.39, 0.29) is 24.6 Å². The number of sulfonamides is 2. The van der Waals surface area contributed by atoms with Gasteiger partial charge in [0.1, 0.15) is 11.8 Å². The van der Waals surface area contributed by atoms with Crippen molar-refractivity contribution in [3.8, 4) is 11.5 Å². The van der Waals surface area contributed by atoms with Gasteiger partial charge in [-0.05, 0) is 36.4 Å². The average Bonchev–Trinajstić information content (AvgIpc) is 2.94. The molecule has 0 aromatic heterocycles. The zero-order valence-electron chi connectivity index (χ0n) is 21.0. The largest absolute Gasteiger partial charge is 0.451 e. The van der Waals surface area contributed by atoms with Crippen molar-refractivity contribution in [2.24, 2.45) is 5.90 Å². The molecule has 220 valence electrons. The Bertz CT molecular complexity index is 1420. The molecule has 0 spiro atoms. The first kappa shape index (κ1) is 30.5. The fourth-order valence-corrected chi connectivity index (χ4v) is 7.48. The number of hydrogen-bond acceptors (Lipinski definition) is 10. The van der Waals surface area contributed by atoms with E-state index in [1.165, 1.54) is 24.3 Å². The molecule has 0 aliphatic carbocycles. The minimum absolute atomic E-state index is 0.0505. The van der Waals surface area contributed by atoms with E-state index < -0.39 is 67.4 Å². The van der Waals surface area contributed by atoms with Crippen molar-refractivity contribution < 1.29 is 44.7 Å². The molecule has 0 bridgehead atoms. The van der Waals surface area contributed by atoms with Crippen LogP contribution in [0.5, 0.6) is 11.5 Å². The summed E-state index contributed by atoms with van der Waals surface area (Å²) in [5.41, 5.74) is 0. The molecule has 0 amide bonds. The predicted molar refractivity (Wildman–Crippen MR) is 138 cm³/mol. The van der Waals surface area contributed by atoms with Crippen LogP contribution in [0.4, 0.5) is 8.78 Å². The molecule has 0 unspecified atom stereocenters. The summed E-state index contributed by atoms with van der Waals surface area (Å²) >= 11 is 5.79. The van der Waals surface area contributed by atoms with Gasteiger partial charge >= 0.3 is 5.97 Å². The van der Waals surface area contributed by atoms with E-state index in [0.29, 0.717) is 47.8 Å². The SMILES string of the molecule is NOC(=O)[C@H]1CN(S(=O)(=O)CCN2CCOCC2)CCN1S(=O)(=O)c1cc(F)c(Oc2ccc(Cl)cc2)c(F)c1. The molecule has 2 fully saturated rings. The molecule has 2 aliphatic heterocycles. The fourth-order valence-electron chi connectivity index (χ4n) is 4.29. The number of benzene rings is 2. The molecular formula is C23H27ClF2N4O8S2. The van der Waals surface area contributed by atoms with Crippen molar-refractivity contribution in [3.05, 3.63) is 53.1 Å². The maximum atomic E-state index is 14.9. The molecule has 2 aromatic carbocycles. The summed E-state index contributed by atoms with van der Waals surface area (Å²) < 4.78 is 94.6. The summed E-state index contributed by atoms with van der Waals surface area (Å²) in [7, 11) is -8.63. The lowest BCUT2D eigenvalue weighted by Crippen LogP contribution is -2.60. The number of nitrogens with zero attached hydrogens (tertiary/aromatic N) is 3. The van der Waals surface area contributed by atoms with Gasteiger partial charge in [0, 0.05) is 44.3 Å². The minimum atomic E-state index is -4.72. The second-order valence-electron chi connectivity index (χ2n) is 8.97. The average molecular weight is 625 g/mol. The Kier molecular flexibility index (Phi) is 9.62. The van der Waals surface area contributed by atoms with E-state index in [9.17, 15) is 30.4 Å². The van der Waals surface area contributed by atoms with Crippen LogP contribution in [-0.4, -0.2) is 101 Å². The van der Waals surface area contributed by atoms with Gasteiger partial charge in [-0.2, -0.15) is 14.5 Å². The number of morpholine rings is 1. The number of rotatable bonds is 9. The zero-order valence-corrected chi connectivity index (χ0v) is 23.4. The molecular weight excluding hydrogens is 598 g/mol.